The summed E-state index contributed by atoms with van der Waals surface area (Å²) in [6, 6.07) is 5.27. The molecule has 0 saturated carbocycles. The van der Waals surface area contributed by atoms with Crippen molar-refractivity contribution in [2.24, 2.45) is 0 Å². The third-order valence-corrected chi connectivity index (χ3v) is 2.09. The maximum Gasteiger partial charge on any atom is 1.00 e. The van der Waals surface area contributed by atoms with Crippen LogP contribution < -0.4 is 40.0 Å². The zero-order chi connectivity index (χ0) is 11.5. The van der Waals surface area contributed by atoms with Crippen LogP contribution in [-0.4, -0.2) is 24.8 Å². The second kappa shape index (κ2) is 6.21. The van der Waals surface area contributed by atoms with E-state index in [4.69, 9.17) is 4.55 Å². The minimum atomic E-state index is -4.09. The van der Waals surface area contributed by atoms with E-state index >= 15 is 0 Å². The van der Waals surface area contributed by atoms with E-state index in [-0.39, 0.29) is 35.1 Å². The largest absolute Gasteiger partial charge is 1.00 e. The van der Waals surface area contributed by atoms with Crippen LogP contribution in [0.5, 0.6) is 0 Å². The van der Waals surface area contributed by atoms with Crippen molar-refractivity contribution in [1.29, 1.82) is 0 Å². The average molecular weight is 253 g/mol. The predicted molar refractivity (Wildman–Crippen MR) is 50.8 cm³/mol. The zero-order valence-electron chi connectivity index (χ0n) is 8.50. The molecule has 1 rings (SSSR count). The number of carboxylic acid groups (broad SMARTS) is 1. The second-order valence-corrected chi connectivity index (χ2v) is 4.22. The van der Waals surface area contributed by atoms with Crippen LogP contribution >= 0.6 is 0 Å². The molecule has 1 aromatic rings. The van der Waals surface area contributed by atoms with Gasteiger partial charge in [-0.3, -0.25) is 4.55 Å². The summed E-state index contributed by atoms with van der Waals surface area (Å²) in [6.45, 7) is 0. The number of carboxylic acids is 1. The molecule has 0 spiro atoms. The number of rotatable bonds is 4. The van der Waals surface area contributed by atoms with Crippen LogP contribution in [0.25, 0.3) is 0 Å². The fourth-order valence-electron chi connectivity index (χ4n) is 0.899. The van der Waals surface area contributed by atoms with Gasteiger partial charge in [-0.25, -0.2) is 0 Å². The van der Waals surface area contributed by atoms with E-state index in [2.05, 4.69) is 5.32 Å². The van der Waals surface area contributed by atoms with E-state index in [0.29, 0.717) is 5.69 Å². The van der Waals surface area contributed by atoms with Gasteiger partial charge in [-0.1, -0.05) is 12.1 Å². The monoisotopic (exact) mass is 253 g/mol. The zero-order valence-corrected chi connectivity index (χ0v) is 11.3. The molecule has 0 atom stereocenters. The van der Waals surface area contributed by atoms with Crippen LogP contribution in [0.15, 0.2) is 24.3 Å². The molecule has 0 bridgehead atoms. The third kappa shape index (κ3) is 5.47. The minimum Gasteiger partial charge on any atom is -0.545 e. The van der Waals surface area contributed by atoms with Crippen molar-refractivity contribution in [1.82, 2.24) is 0 Å². The molecule has 2 N–H and O–H groups in total. The number of aromatic carboxylic acids is 1. The summed E-state index contributed by atoms with van der Waals surface area (Å²) in [5, 5.41) is 12.8. The van der Waals surface area contributed by atoms with E-state index < -0.39 is 22.0 Å². The number of carbonyl (C=O) groups excluding carboxylic acids is 1. The molecule has 0 unspecified atom stereocenters. The number of benzene rings is 1. The number of anilines is 1. The van der Waals surface area contributed by atoms with Crippen molar-refractivity contribution in [3.8, 4) is 0 Å². The summed E-state index contributed by atoms with van der Waals surface area (Å²) in [4.78, 5) is 10.4. The average Bonchev–Trinajstić information content (AvgIpc) is 2.14. The topological polar surface area (TPSA) is 107 Å². The molecule has 0 aliphatic rings. The van der Waals surface area contributed by atoms with Crippen LogP contribution in [-0.2, 0) is 10.1 Å². The Morgan fingerprint density at radius 2 is 1.81 bits per heavy atom. The van der Waals surface area contributed by atoms with Gasteiger partial charge in [-0.2, -0.15) is 8.42 Å². The van der Waals surface area contributed by atoms with E-state index in [9.17, 15) is 18.3 Å². The van der Waals surface area contributed by atoms with Crippen LogP contribution in [0.2, 0.25) is 0 Å². The molecule has 0 aliphatic carbocycles. The van der Waals surface area contributed by atoms with Crippen LogP contribution in [0.3, 0.4) is 0 Å². The van der Waals surface area contributed by atoms with Crippen molar-refractivity contribution in [2.45, 2.75) is 0 Å². The number of nitrogens with one attached hydrogen (secondary N) is 1. The Labute approximate surface area is 115 Å². The molecule has 0 aromatic heterocycles. The van der Waals surface area contributed by atoms with Gasteiger partial charge in [0.05, 0.1) is 5.97 Å². The van der Waals surface area contributed by atoms with Gasteiger partial charge in [0.25, 0.3) is 10.1 Å². The molecular formula is C8H8NNaO5S. The summed E-state index contributed by atoms with van der Waals surface area (Å²) in [5.41, 5.74) is 0.380. The molecule has 0 radical (unpaired) electrons. The first-order valence-electron chi connectivity index (χ1n) is 3.89. The minimum absolute atomic E-state index is 0. The molecule has 8 heteroatoms. The molecule has 16 heavy (non-hydrogen) atoms. The quantitative estimate of drug-likeness (QED) is 0.422. The van der Waals surface area contributed by atoms with Gasteiger partial charge >= 0.3 is 29.6 Å². The predicted octanol–water partition coefficient (Wildman–Crippen LogP) is -3.69. The Morgan fingerprint density at radius 1 is 1.31 bits per heavy atom. The Kier molecular flexibility index (Phi) is 5.98. The molecule has 0 saturated heterocycles. The van der Waals surface area contributed by atoms with E-state index in [1.54, 1.807) is 0 Å². The fourth-order valence-corrected chi connectivity index (χ4v) is 1.25. The fraction of sp³-hybridized carbons (Fsp3) is 0.125. The summed E-state index contributed by atoms with van der Waals surface area (Å²) >= 11 is 0. The first kappa shape index (κ1) is 15.4. The van der Waals surface area contributed by atoms with Crippen molar-refractivity contribution >= 4 is 21.8 Å². The first-order valence-corrected chi connectivity index (χ1v) is 5.50. The molecule has 6 nitrogen and oxygen atoms in total. The van der Waals surface area contributed by atoms with Gasteiger partial charge < -0.3 is 15.2 Å². The maximum absolute atomic E-state index is 10.4. The van der Waals surface area contributed by atoms with Gasteiger partial charge in [-0.15, -0.1) is 0 Å². The standard InChI is InChI=1S/C8H9NO5S.Na/c10-8(11)6-1-3-7(4-2-6)9-5-15(12,13)14;/h1-4,9H,5H2,(H,10,11)(H,12,13,14);/q;+1/p-1. The van der Waals surface area contributed by atoms with Crippen LogP contribution in [0.1, 0.15) is 10.4 Å². The Bertz CT molecular complexity index is 456. The Balaban J connectivity index is 0.00000225. The number of hydrogen-bond acceptors (Lipinski definition) is 5. The maximum atomic E-state index is 10.4. The van der Waals surface area contributed by atoms with Crippen molar-refractivity contribution in [2.75, 3.05) is 11.2 Å². The van der Waals surface area contributed by atoms with Gasteiger partial charge in [0, 0.05) is 5.69 Å². The van der Waals surface area contributed by atoms with Gasteiger partial charge in [0.15, 0.2) is 0 Å². The SMILES string of the molecule is O=C([O-])c1ccc(NCS(=O)(=O)O)cc1.[Na+]. The smallest absolute Gasteiger partial charge is 0.545 e. The summed E-state index contributed by atoms with van der Waals surface area (Å²) in [7, 11) is -4.09. The number of hydrogen-bond donors (Lipinski definition) is 2. The molecule has 0 heterocycles. The van der Waals surface area contributed by atoms with Crippen molar-refractivity contribution in [3.05, 3.63) is 29.8 Å². The number of carbonyl (C=O) groups is 1. The Hall–Kier alpha value is -0.600. The normalized spacial score (nSPS) is 10.3. The molecule has 0 amide bonds. The van der Waals surface area contributed by atoms with E-state index in [1.165, 1.54) is 24.3 Å². The second-order valence-electron chi connectivity index (χ2n) is 2.77. The van der Waals surface area contributed by atoms with Gasteiger partial charge in [0.2, 0.25) is 0 Å². The van der Waals surface area contributed by atoms with Crippen LogP contribution in [0, 0.1) is 0 Å². The Morgan fingerprint density at radius 3 is 2.19 bits per heavy atom. The molecule has 0 fully saturated rings. The third-order valence-electron chi connectivity index (χ3n) is 1.58. The van der Waals surface area contributed by atoms with E-state index in [0.717, 1.165) is 0 Å². The van der Waals surface area contributed by atoms with Gasteiger partial charge in [0.1, 0.15) is 5.88 Å². The summed E-state index contributed by atoms with van der Waals surface area (Å²) in [6.07, 6.45) is 0. The van der Waals surface area contributed by atoms with Gasteiger partial charge in [-0.05, 0) is 17.7 Å². The van der Waals surface area contributed by atoms with Crippen molar-refractivity contribution in [3.63, 3.8) is 0 Å². The summed E-state index contributed by atoms with van der Waals surface area (Å²) < 4.78 is 29.2. The molecule has 82 valence electrons. The molecule has 1 aromatic carbocycles. The summed E-state index contributed by atoms with van der Waals surface area (Å²) in [5.74, 6) is -1.94. The van der Waals surface area contributed by atoms with Crippen LogP contribution in [0.4, 0.5) is 5.69 Å². The molecule has 0 aliphatic heterocycles. The first-order chi connectivity index (χ1) is 6.88. The van der Waals surface area contributed by atoms with Crippen molar-refractivity contribution < 1.29 is 52.4 Å². The van der Waals surface area contributed by atoms with E-state index in [1.807, 2.05) is 0 Å². The molecular weight excluding hydrogens is 245 g/mol.